The maximum absolute atomic E-state index is 5.07. The van der Waals surface area contributed by atoms with Crippen molar-refractivity contribution in [2.75, 3.05) is 7.05 Å². The second kappa shape index (κ2) is 3.73. The molecule has 0 radical (unpaired) electrons. The molecule has 0 aromatic heterocycles. The zero-order valence-electron chi connectivity index (χ0n) is 5.76. The molecule has 0 rings (SSSR count). The number of hydrogen-bond acceptors (Lipinski definition) is 2. The third-order valence-corrected chi connectivity index (χ3v) is 0.831. The minimum atomic E-state index is 0.838. The molecule has 0 saturated carbocycles. The van der Waals surface area contributed by atoms with Gasteiger partial charge in [0.2, 0.25) is 0 Å². The Morgan fingerprint density at radius 2 is 2.44 bits per heavy atom. The molecule has 0 unspecified atom stereocenters. The summed E-state index contributed by atoms with van der Waals surface area (Å²) in [5.41, 5.74) is 0.838. The quantitative estimate of drug-likeness (QED) is 0.304. The maximum atomic E-state index is 5.07. The topological polar surface area (TPSA) is 15.6 Å². The van der Waals surface area contributed by atoms with Crippen LogP contribution in [0.1, 0.15) is 6.92 Å². The van der Waals surface area contributed by atoms with Gasteiger partial charge in [-0.15, -0.1) is 6.42 Å². The molecule has 0 amide bonds. The highest BCUT2D eigenvalue weighted by atomic mass is 15.4. The Balaban J connectivity index is 3.98. The predicted octanol–water partition coefficient (Wildman–Crippen LogP) is 1.07. The molecule has 0 aliphatic heterocycles. The monoisotopic (exact) mass is 122 g/mol. The van der Waals surface area contributed by atoms with Gasteiger partial charge < -0.3 is 0 Å². The Kier molecular flexibility index (Phi) is 3.22. The number of allylic oxidation sites excluding steroid dienone is 1. The van der Waals surface area contributed by atoms with Crippen molar-refractivity contribution in [3.8, 4) is 12.3 Å². The van der Waals surface area contributed by atoms with Crippen LogP contribution in [0.2, 0.25) is 0 Å². The first-order valence-electron chi connectivity index (χ1n) is 2.55. The third-order valence-electron chi connectivity index (χ3n) is 0.831. The van der Waals surface area contributed by atoms with E-state index in [2.05, 4.69) is 17.7 Å². The number of terminal acetylenes is 1. The molecule has 0 fully saturated rings. The van der Waals surface area contributed by atoms with Gasteiger partial charge >= 0.3 is 0 Å². The Labute approximate surface area is 55.9 Å². The predicted molar refractivity (Wildman–Crippen MR) is 39.9 cm³/mol. The molecular formula is C7H10N2. The molecule has 48 valence electrons. The smallest absolute Gasteiger partial charge is 0.0341 e. The number of hydrogen-bond donors (Lipinski definition) is 0. The maximum Gasteiger partial charge on any atom is 0.0341 e. The zero-order valence-corrected chi connectivity index (χ0v) is 5.76. The van der Waals surface area contributed by atoms with Gasteiger partial charge in [-0.2, -0.15) is 5.10 Å². The normalized spacial score (nSPS) is 10.1. The first-order valence-corrected chi connectivity index (χ1v) is 2.55. The molecule has 0 saturated heterocycles. The van der Waals surface area contributed by atoms with Crippen molar-refractivity contribution >= 4 is 6.72 Å². The molecule has 2 heteroatoms. The van der Waals surface area contributed by atoms with Crippen LogP contribution in [-0.4, -0.2) is 18.8 Å². The molecule has 0 N–H and O–H groups in total. The van der Waals surface area contributed by atoms with Gasteiger partial charge in [-0.1, -0.05) is 5.92 Å². The highest BCUT2D eigenvalue weighted by Crippen LogP contribution is 1.91. The summed E-state index contributed by atoms with van der Waals surface area (Å²) in [6, 6.07) is 0. The summed E-state index contributed by atoms with van der Waals surface area (Å²) >= 11 is 0. The molecule has 0 aliphatic carbocycles. The first-order chi connectivity index (χ1) is 4.20. The number of hydrazone groups is 1. The van der Waals surface area contributed by atoms with Crippen molar-refractivity contribution in [2.24, 2.45) is 5.10 Å². The van der Waals surface area contributed by atoms with Crippen molar-refractivity contribution in [2.45, 2.75) is 6.92 Å². The van der Waals surface area contributed by atoms with Crippen molar-refractivity contribution < 1.29 is 0 Å². The largest absolute Gasteiger partial charge is 0.276 e. The van der Waals surface area contributed by atoms with Crippen molar-refractivity contribution in [3.63, 3.8) is 0 Å². The molecule has 0 aromatic carbocycles. The minimum Gasteiger partial charge on any atom is -0.276 e. The van der Waals surface area contributed by atoms with Gasteiger partial charge in [0.05, 0.1) is 0 Å². The van der Waals surface area contributed by atoms with Crippen LogP contribution in [0.5, 0.6) is 0 Å². The molecule has 0 aliphatic rings. The fourth-order valence-electron chi connectivity index (χ4n) is 0.358. The molecule has 0 spiro atoms. The average molecular weight is 122 g/mol. The lowest BCUT2D eigenvalue weighted by Crippen LogP contribution is -1.99. The lowest BCUT2D eigenvalue weighted by atomic mass is 10.3. The van der Waals surface area contributed by atoms with Crippen LogP contribution in [0.4, 0.5) is 0 Å². The molecule has 2 nitrogen and oxygen atoms in total. The van der Waals surface area contributed by atoms with E-state index in [-0.39, 0.29) is 0 Å². The van der Waals surface area contributed by atoms with Crippen LogP contribution in [0.15, 0.2) is 16.9 Å². The summed E-state index contributed by atoms with van der Waals surface area (Å²) in [6.07, 6.45) is 6.80. The molecule has 0 aromatic rings. The van der Waals surface area contributed by atoms with Crippen LogP contribution in [0, 0.1) is 12.3 Å². The van der Waals surface area contributed by atoms with E-state index in [1.807, 2.05) is 6.92 Å². The zero-order chi connectivity index (χ0) is 7.28. The SMILES string of the molecule is C#C/C(C)=C\N(C)N=C. The Morgan fingerprint density at radius 3 is 2.78 bits per heavy atom. The molecule has 0 atom stereocenters. The lowest BCUT2D eigenvalue weighted by Gasteiger charge is -2.03. The Morgan fingerprint density at radius 1 is 1.89 bits per heavy atom. The third kappa shape index (κ3) is 3.36. The van der Waals surface area contributed by atoms with E-state index in [0.29, 0.717) is 0 Å². The summed E-state index contributed by atoms with van der Waals surface area (Å²) < 4.78 is 0. The Bertz CT molecular complexity index is 162. The van der Waals surface area contributed by atoms with Crippen LogP contribution in [0.25, 0.3) is 0 Å². The van der Waals surface area contributed by atoms with Crippen molar-refractivity contribution in [3.05, 3.63) is 11.8 Å². The van der Waals surface area contributed by atoms with E-state index in [0.717, 1.165) is 5.57 Å². The second-order valence-electron chi connectivity index (χ2n) is 1.67. The molecule has 0 bridgehead atoms. The van der Waals surface area contributed by atoms with E-state index < -0.39 is 0 Å². The van der Waals surface area contributed by atoms with E-state index in [1.54, 1.807) is 18.3 Å². The van der Waals surface area contributed by atoms with E-state index in [1.165, 1.54) is 0 Å². The second-order valence-corrected chi connectivity index (χ2v) is 1.67. The summed E-state index contributed by atoms with van der Waals surface area (Å²) in [5.74, 6) is 2.46. The van der Waals surface area contributed by atoms with Crippen LogP contribution < -0.4 is 0 Å². The molecule has 0 heterocycles. The fourth-order valence-corrected chi connectivity index (χ4v) is 0.358. The highest BCUT2D eigenvalue weighted by molar-refractivity contribution is 5.25. The number of nitrogens with zero attached hydrogens (tertiary/aromatic N) is 2. The minimum absolute atomic E-state index is 0.838. The Hall–Kier alpha value is -1.23. The van der Waals surface area contributed by atoms with Gasteiger partial charge in [0.15, 0.2) is 0 Å². The fraction of sp³-hybridized carbons (Fsp3) is 0.286. The number of rotatable bonds is 2. The van der Waals surface area contributed by atoms with Crippen LogP contribution in [-0.2, 0) is 0 Å². The standard InChI is InChI=1S/C7H10N2/c1-5-7(2)6-9(4)8-3/h1,6H,3H2,2,4H3/b7-6-. The molecule has 9 heavy (non-hydrogen) atoms. The average Bonchev–Trinajstić information content (AvgIpc) is 1.87. The van der Waals surface area contributed by atoms with Crippen molar-refractivity contribution in [1.82, 2.24) is 5.01 Å². The summed E-state index contributed by atoms with van der Waals surface area (Å²) in [6.45, 7) is 5.15. The van der Waals surface area contributed by atoms with E-state index in [9.17, 15) is 0 Å². The summed E-state index contributed by atoms with van der Waals surface area (Å²) in [4.78, 5) is 0. The van der Waals surface area contributed by atoms with Gasteiger partial charge in [0.1, 0.15) is 0 Å². The van der Waals surface area contributed by atoms with Gasteiger partial charge in [-0.05, 0) is 6.92 Å². The van der Waals surface area contributed by atoms with E-state index in [4.69, 9.17) is 6.42 Å². The van der Waals surface area contributed by atoms with Crippen LogP contribution >= 0.6 is 0 Å². The van der Waals surface area contributed by atoms with Gasteiger partial charge in [0.25, 0.3) is 0 Å². The lowest BCUT2D eigenvalue weighted by molar-refractivity contribution is 0.492. The first kappa shape index (κ1) is 7.77. The summed E-state index contributed by atoms with van der Waals surface area (Å²) in [5, 5.41) is 5.15. The van der Waals surface area contributed by atoms with Crippen LogP contribution in [0.3, 0.4) is 0 Å². The summed E-state index contributed by atoms with van der Waals surface area (Å²) in [7, 11) is 1.77. The van der Waals surface area contributed by atoms with E-state index >= 15 is 0 Å². The van der Waals surface area contributed by atoms with Crippen molar-refractivity contribution in [1.29, 1.82) is 0 Å². The van der Waals surface area contributed by atoms with Gasteiger partial charge in [-0.25, -0.2) is 0 Å². The molecular weight excluding hydrogens is 112 g/mol. The van der Waals surface area contributed by atoms with Gasteiger partial charge in [0, 0.05) is 25.5 Å². The highest BCUT2D eigenvalue weighted by Gasteiger charge is 1.82. The van der Waals surface area contributed by atoms with Gasteiger partial charge in [-0.3, -0.25) is 5.01 Å².